The Morgan fingerprint density at radius 2 is 0.981 bits per heavy atom. The molecule has 6 heteroatoms. The third-order valence-electron chi connectivity index (χ3n) is 10.1. The van der Waals surface area contributed by atoms with Crippen LogP contribution >= 0.6 is 22.7 Å². The van der Waals surface area contributed by atoms with Gasteiger partial charge < -0.3 is 0 Å². The van der Waals surface area contributed by atoms with Gasteiger partial charge in [-0.05, 0) is 63.7 Å². The molecule has 3 aromatic heterocycles. The molecule has 54 heavy (non-hydrogen) atoms. The number of thiophene rings is 1. The summed E-state index contributed by atoms with van der Waals surface area (Å²) in [5.74, 6) is 1.92. The monoisotopic (exact) mass is 724 g/mol. The minimum Gasteiger partial charge on any atom is -0.236 e. The van der Waals surface area contributed by atoms with Gasteiger partial charge in [0.05, 0.1) is 10.2 Å². The van der Waals surface area contributed by atoms with E-state index in [0.717, 1.165) is 38.2 Å². The summed E-state index contributed by atoms with van der Waals surface area (Å²) in [6.07, 6.45) is 0. The third-order valence-corrected chi connectivity index (χ3v) is 12.5. The van der Waals surface area contributed by atoms with Crippen molar-refractivity contribution in [3.05, 3.63) is 170 Å². The molecule has 0 fully saturated rings. The summed E-state index contributed by atoms with van der Waals surface area (Å²) >= 11 is 3.51. The van der Waals surface area contributed by atoms with Crippen LogP contribution in [-0.2, 0) is 0 Å². The number of hydrogen-bond acceptors (Lipinski definition) is 6. The Bertz CT molecular complexity index is 3240. The van der Waals surface area contributed by atoms with E-state index in [2.05, 4.69) is 164 Å². The summed E-state index contributed by atoms with van der Waals surface area (Å²) in [6, 6.07) is 59.8. The van der Waals surface area contributed by atoms with Crippen LogP contribution in [0.15, 0.2) is 170 Å². The SMILES string of the molecule is c1ccc(-c2ccc3ccc(-c4nc(-c5cccc(-c6nc7ccc8ccccc8c7s6)c5)nc(-c5cccc6c5sc5ccccc56)n4)cc3c2)cc1. The van der Waals surface area contributed by atoms with Gasteiger partial charge in [0.25, 0.3) is 0 Å². The molecule has 0 saturated carbocycles. The lowest BCUT2D eigenvalue weighted by Gasteiger charge is -2.11. The molecule has 0 unspecified atom stereocenters. The zero-order valence-corrected chi connectivity index (χ0v) is 30.4. The molecular formula is C48H28N4S2. The molecule has 11 aromatic rings. The summed E-state index contributed by atoms with van der Waals surface area (Å²) < 4.78 is 3.61. The Balaban J connectivity index is 1.09. The second kappa shape index (κ2) is 12.5. The highest BCUT2D eigenvalue weighted by Crippen LogP contribution is 2.41. The van der Waals surface area contributed by atoms with E-state index in [1.807, 2.05) is 6.07 Å². The fourth-order valence-electron chi connectivity index (χ4n) is 7.44. The highest BCUT2D eigenvalue weighted by molar-refractivity contribution is 7.26. The van der Waals surface area contributed by atoms with Crippen LogP contribution < -0.4 is 0 Å². The lowest BCUT2D eigenvalue weighted by Crippen LogP contribution is -2.00. The van der Waals surface area contributed by atoms with Crippen molar-refractivity contribution in [2.45, 2.75) is 0 Å². The molecule has 0 spiro atoms. The summed E-state index contributed by atoms with van der Waals surface area (Å²) in [5, 5.41) is 8.17. The number of aromatic nitrogens is 4. The summed E-state index contributed by atoms with van der Waals surface area (Å²) in [6.45, 7) is 0. The van der Waals surface area contributed by atoms with Crippen molar-refractivity contribution in [1.82, 2.24) is 19.9 Å². The Labute approximate surface area is 318 Å². The standard InChI is InChI=1S/C48H28N4S2/c1-2-10-29(11-3-1)32-22-20-30-21-23-34(28-36(30)26-32)46-50-45(51-47(52-46)40-18-9-17-39-38-16-6-7-19-42(38)53-43(39)40)33-13-8-14-35(27-33)48-49-41-25-24-31-12-4-5-15-37(31)44(41)54-48/h1-28H. The Morgan fingerprint density at radius 1 is 0.333 bits per heavy atom. The molecule has 8 aromatic carbocycles. The van der Waals surface area contributed by atoms with E-state index in [1.54, 1.807) is 22.7 Å². The van der Waals surface area contributed by atoms with Gasteiger partial charge in [-0.15, -0.1) is 22.7 Å². The zero-order valence-electron chi connectivity index (χ0n) is 28.8. The maximum atomic E-state index is 5.22. The smallest absolute Gasteiger partial charge is 0.165 e. The van der Waals surface area contributed by atoms with E-state index in [-0.39, 0.29) is 0 Å². The second-order valence-electron chi connectivity index (χ2n) is 13.5. The van der Waals surface area contributed by atoms with E-state index < -0.39 is 0 Å². The highest BCUT2D eigenvalue weighted by Gasteiger charge is 2.18. The number of thiazole rings is 1. The zero-order chi connectivity index (χ0) is 35.6. The largest absolute Gasteiger partial charge is 0.236 e. The molecule has 3 heterocycles. The number of rotatable bonds is 5. The molecule has 0 aliphatic heterocycles. The van der Waals surface area contributed by atoms with Crippen LogP contribution in [0, 0.1) is 0 Å². The van der Waals surface area contributed by atoms with E-state index >= 15 is 0 Å². The first-order chi connectivity index (χ1) is 26.7. The highest BCUT2D eigenvalue weighted by atomic mass is 32.1. The van der Waals surface area contributed by atoms with E-state index in [9.17, 15) is 0 Å². The van der Waals surface area contributed by atoms with Gasteiger partial charge in [0.15, 0.2) is 17.5 Å². The first kappa shape index (κ1) is 31.0. The topological polar surface area (TPSA) is 51.6 Å². The van der Waals surface area contributed by atoms with Gasteiger partial charge in [-0.2, -0.15) is 0 Å². The first-order valence-corrected chi connectivity index (χ1v) is 19.5. The molecule has 0 saturated heterocycles. The Morgan fingerprint density at radius 3 is 1.87 bits per heavy atom. The predicted molar refractivity (Wildman–Crippen MR) is 228 cm³/mol. The van der Waals surface area contributed by atoms with E-state index in [0.29, 0.717) is 17.5 Å². The summed E-state index contributed by atoms with van der Waals surface area (Å²) in [5.41, 5.74) is 7.26. The minimum absolute atomic E-state index is 0.625. The third kappa shape index (κ3) is 5.26. The average Bonchev–Trinajstić information content (AvgIpc) is 3.86. The van der Waals surface area contributed by atoms with Crippen LogP contribution in [0.2, 0.25) is 0 Å². The van der Waals surface area contributed by atoms with Crippen molar-refractivity contribution < 1.29 is 0 Å². The number of fused-ring (bicyclic) bond motifs is 7. The average molecular weight is 725 g/mol. The number of benzene rings is 8. The molecule has 0 radical (unpaired) electrons. The van der Waals surface area contributed by atoms with Crippen LogP contribution in [-0.4, -0.2) is 19.9 Å². The molecule has 0 N–H and O–H groups in total. The van der Waals surface area contributed by atoms with Crippen LogP contribution in [0.5, 0.6) is 0 Å². The van der Waals surface area contributed by atoms with Gasteiger partial charge in [0.2, 0.25) is 0 Å². The summed E-state index contributed by atoms with van der Waals surface area (Å²) in [7, 11) is 0. The van der Waals surface area contributed by atoms with Crippen LogP contribution in [0.1, 0.15) is 0 Å². The predicted octanol–water partition coefficient (Wildman–Crippen LogP) is 13.5. The molecule has 0 atom stereocenters. The van der Waals surface area contributed by atoms with Gasteiger partial charge in [-0.3, -0.25) is 0 Å². The van der Waals surface area contributed by atoms with Crippen molar-refractivity contribution in [2.24, 2.45) is 0 Å². The van der Waals surface area contributed by atoms with Gasteiger partial charge >= 0.3 is 0 Å². The van der Waals surface area contributed by atoms with Crippen molar-refractivity contribution >= 4 is 74.6 Å². The van der Waals surface area contributed by atoms with Crippen molar-refractivity contribution in [1.29, 1.82) is 0 Å². The first-order valence-electron chi connectivity index (χ1n) is 17.9. The van der Waals surface area contributed by atoms with E-state index in [4.69, 9.17) is 19.9 Å². The Kier molecular flexibility index (Phi) is 7.18. The van der Waals surface area contributed by atoms with Crippen LogP contribution in [0.4, 0.5) is 0 Å². The van der Waals surface area contributed by atoms with Crippen molar-refractivity contribution in [3.63, 3.8) is 0 Å². The van der Waals surface area contributed by atoms with Gasteiger partial charge in [0, 0.05) is 47.8 Å². The van der Waals surface area contributed by atoms with E-state index in [1.165, 1.54) is 52.2 Å². The van der Waals surface area contributed by atoms with Crippen molar-refractivity contribution in [2.75, 3.05) is 0 Å². The minimum atomic E-state index is 0.625. The fourth-order valence-corrected chi connectivity index (χ4v) is 9.75. The van der Waals surface area contributed by atoms with Gasteiger partial charge in [-0.1, -0.05) is 133 Å². The molecule has 0 aliphatic rings. The molecule has 0 bridgehead atoms. The Hall–Kier alpha value is -6.60. The van der Waals surface area contributed by atoms with Crippen LogP contribution in [0.3, 0.4) is 0 Å². The normalized spacial score (nSPS) is 11.7. The van der Waals surface area contributed by atoms with Crippen molar-refractivity contribution in [3.8, 4) is 55.9 Å². The second-order valence-corrected chi connectivity index (χ2v) is 15.5. The molecule has 4 nitrogen and oxygen atoms in total. The van der Waals surface area contributed by atoms with Gasteiger partial charge in [0.1, 0.15) is 5.01 Å². The maximum Gasteiger partial charge on any atom is 0.165 e. The number of hydrogen-bond donors (Lipinski definition) is 0. The lowest BCUT2D eigenvalue weighted by atomic mass is 10.00. The molecule has 11 rings (SSSR count). The van der Waals surface area contributed by atoms with Gasteiger partial charge in [-0.25, -0.2) is 19.9 Å². The fraction of sp³-hybridized carbons (Fsp3) is 0. The summed E-state index contributed by atoms with van der Waals surface area (Å²) in [4.78, 5) is 20.7. The van der Waals surface area contributed by atoms with Crippen LogP contribution in [0.25, 0.3) is 108 Å². The molecule has 0 amide bonds. The number of nitrogens with zero attached hydrogens (tertiary/aromatic N) is 4. The molecule has 252 valence electrons. The molecule has 0 aliphatic carbocycles. The maximum absolute atomic E-state index is 5.22. The quantitative estimate of drug-likeness (QED) is 0.177. The lowest BCUT2D eigenvalue weighted by molar-refractivity contribution is 1.08. The molecular weight excluding hydrogens is 697 g/mol.